The summed E-state index contributed by atoms with van der Waals surface area (Å²) in [5, 5.41) is 1.11. The summed E-state index contributed by atoms with van der Waals surface area (Å²) < 4.78 is 5.28. The Balaban J connectivity index is 2.23. The topological polar surface area (TPSA) is 47.3 Å². The van der Waals surface area contributed by atoms with Crippen LogP contribution in [0.2, 0.25) is 10.0 Å². The molecule has 0 aliphatic carbocycles. The summed E-state index contributed by atoms with van der Waals surface area (Å²) >= 11 is 12.0. The van der Waals surface area contributed by atoms with Gasteiger partial charge in [0.05, 0.1) is 17.2 Å². The summed E-state index contributed by atoms with van der Waals surface area (Å²) in [6.07, 6.45) is 0.721. The maximum absolute atomic E-state index is 6.05. The van der Waals surface area contributed by atoms with Gasteiger partial charge in [-0.1, -0.05) is 41.4 Å². The highest BCUT2D eigenvalue weighted by Gasteiger charge is 2.13. The molecule has 0 radical (unpaired) electrons. The van der Waals surface area contributed by atoms with Gasteiger partial charge in [0.15, 0.2) is 0 Å². The number of nitrogens with one attached hydrogen (secondary N) is 1. The summed E-state index contributed by atoms with van der Waals surface area (Å²) in [6.45, 7) is 2.01. The van der Waals surface area contributed by atoms with Gasteiger partial charge in [0.2, 0.25) is 0 Å². The summed E-state index contributed by atoms with van der Waals surface area (Å²) in [4.78, 5) is 0. The molecule has 0 spiro atoms. The predicted octanol–water partition coefficient (Wildman–Crippen LogP) is 4.06. The Labute approximate surface area is 135 Å². The molecule has 0 fully saturated rings. The third-order valence-electron chi connectivity index (χ3n) is 3.45. The quantitative estimate of drug-likeness (QED) is 0.644. The van der Waals surface area contributed by atoms with E-state index in [4.69, 9.17) is 33.8 Å². The first-order chi connectivity index (χ1) is 10.0. The second-order valence-electron chi connectivity index (χ2n) is 4.90. The molecule has 0 heterocycles. The van der Waals surface area contributed by atoms with Crippen LogP contribution in [-0.4, -0.2) is 7.11 Å². The van der Waals surface area contributed by atoms with Crippen molar-refractivity contribution in [2.45, 2.75) is 19.4 Å². The first kappa shape index (κ1) is 16.1. The molecule has 21 heavy (non-hydrogen) atoms. The number of hydrogen-bond acceptors (Lipinski definition) is 3. The molecule has 5 heteroatoms. The number of halogens is 2. The SMILES string of the molecule is COc1ccc(C(Cc2ccc(Cl)c(Cl)c2)NN)cc1C. The van der Waals surface area contributed by atoms with Gasteiger partial charge in [-0.25, -0.2) is 0 Å². The van der Waals surface area contributed by atoms with E-state index in [0.29, 0.717) is 10.0 Å². The lowest BCUT2D eigenvalue weighted by atomic mass is 9.98. The molecule has 0 saturated carbocycles. The molecular weight excluding hydrogens is 307 g/mol. The number of aryl methyl sites for hydroxylation is 1. The second-order valence-corrected chi connectivity index (χ2v) is 5.72. The van der Waals surface area contributed by atoms with Crippen molar-refractivity contribution in [2.24, 2.45) is 5.84 Å². The van der Waals surface area contributed by atoms with Crippen LogP contribution >= 0.6 is 23.2 Å². The molecule has 1 unspecified atom stereocenters. The van der Waals surface area contributed by atoms with Crippen LogP contribution in [0, 0.1) is 6.92 Å². The Kier molecular flexibility index (Phi) is 5.48. The minimum atomic E-state index is -0.00755. The zero-order chi connectivity index (χ0) is 15.4. The van der Waals surface area contributed by atoms with Gasteiger partial charge in [0.1, 0.15) is 5.75 Å². The molecule has 0 aromatic heterocycles. The van der Waals surface area contributed by atoms with Crippen LogP contribution in [0.5, 0.6) is 5.75 Å². The standard InChI is InChI=1S/C16H18Cl2N2O/c1-10-7-12(4-6-16(10)21-2)15(20-19)9-11-3-5-13(17)14(18)8-11/h3-8,15,20H,9,19H2,1-2H3. The highest BCUT2D eigenvalue weighted by molar-refractivity contribution is 6.42. The number of nitrogens with two attached hydrogens (primary N) is 1. The van der Waals surface area contributed by atoms with Crippen molar-refractivity contribution < 1.29 is 4.74 Å². The van der Waals surface area contributed by atoms with Crippen LogP contribution in [0.3, 0.4) is 0 Å². The minimum absolute atomic E-state index is 0.00755. The van der Waals surface area contributed by atoms with Crippen molar-refractivity contribution in [3.05, 3.63) is 63.1 Å². The first-order valence-electron chi connectivity index (χ1n) is 6.59. The molecule has 2 rings (SSSR count). The van der Waals surface area contributed by atoms with Gasteiger partial charge in [0.25, 0.3) is 0 Å². The Bertz CT molecular complexity index is 632. The minimum Gasteiger partial charge on any atom is -0.496 e. The first-order valence-corrected chi connectivity index (χ1v) is 7.35. The van der Waals surface area contributed by atoms with Crippen molar-refractivity contribution in [1.29, 1.82) is 0 Å². The summed E-state index contributed by atoms with van der Waals surface area (Å²) in [7, 11) is 1.66. The molecule has 0 bridgehead atoms. The molecule has 0 aliphatic heterocycles. The highest BCUT2D eigenvalue weighted by atomic mass is 35.5. The smallest absolute Gasteiger partial charge is 0.121 e. The highest BCUT2D eigenvalue weighted by Crippen LogP contribution is 2.27. The lowest BCUT2D eigenvalue weighted by molar-refractivity contribution is 0.411. The van der Waals surface area contributed by atoms with E-state index in [9.17, 15) is 0 Å². The van der Waals surface area contributed by atoms with Crippen LogP contribution in [0.4, 0.5) is 0 Å². The second kappa shape index (κ2) is 7.14. The summed E-state index contributed by atoms with van der Waals surface area (Å²) in [5.74, 6) is 6.57. The predicted molar refractivity (Wildman–Crippen MR) is 88.0 cm³/mol. The normalized spacial score (nSPS) is 12.2. The van der Waals surface area contributed by atoms with Crippen LogP contribution in [-0.2, 0) is 6.42 Å². The number of methoxy groups -OCH3 is 1. The van der Waals surface area contributed by atoms with Crippen molar-refractivity contribution in [3.8, 4) is 5.75 Å². The molecule has 0 saturated heterocycles. The van der Waals surface area contributed by atoms with Crippen molar-refractivity contribution in [2.75, 3.05) is 7.11 Å². The third kappa shape index (κ3) is 3.89. The van der Waals surface area contributed by atoms with Gasteiger partial charge in [-0.2, -0.15) is 0 Å². The molecule has 3 N–H and O–H groups in total. The van der Waals surface area contributed by atoms with E-state index in [1.807, 2.05) is 31.2 Å². The average molecular weight is 325 g/mol. The molecular formula is C16H18Cl2N2O. The fraction of sp³-hybridized carbons (Fsp3) is 0.250. The molecule has 2 aromatic carbocycles. The Hall–Kier alpha value is -1.26. The van der Waals surface area contributed by atoms with E-state index in [1.54, 1.807) is 13.2 Å². The zero-order valence-corrected chi connectivity index (χ0v) is 13.5. The summed E-state index contributed by atoms with van der Waals surface area (Å²) in [6, 6.07) is 11.6. The number of hydrazine groups is 1. The van der Waals surface area contributed by atoms with Gasteiger partial charge < -0.3 is 4.74 Å². The van der Waals surface area contributed by atoms with Gasteiger partial charge in [0, 0.05) is 6.04 Å². The molecule has 0 aliphatic rings. The average Bonchev–Trinajstić information content (AvgIpc) is 2.48. The molecule has 3 nitrogen and oxygen atoms in total. The fourth-order valence-corrected chi connectivity index (χ4v) is 2.61. The van der Waals surface area contributed by atoms with E-state index in [2.05, 4.69) is 11.5 Å². The lowest BCUT2D eigenvalue weighted by Gasteiger charge is -2.18. The maximum Gasteiger partial charge on any atom is 0.121 e. The molecule has 0 amide bonds. The largest absolute Gasteiger partial charge is 0.496 e. The van der Waals surface area contributed by atoms with Gasteiger partial charge >= 0.3 is 0 Å². The van der Waals surface area contributed by atoms with Gasteiger partial charge in [-0.3, -0.25) is 11.3 Å². The Morgan fingerprint density at radius 1 is 1.14 bits per heavy atom. The maximum atomic E-state index is 6.05. The molecule has 2 aromatic rings. The van der Waals surface area contributed by atoms with Crippen molar-refractivity contribution in [3.63, 3.8) is 0 Å². The van der Waals surface area contributed by atoms with Gasteiger partial charge in [-0.15, -0.1) is 0 Å². The molecule has 1 atom stereocenters. The van der Waals surface area contributed by atoms with Crippen LogP contribution < -0.4 is 16.0 Å². The number of benzene rings is 2. The Morgan fingerprint density at radius 3 is 2.48 bits per heavy atom. The van der Waals surface area contributed by atoms with E-state index in [1.165, 1.54) is 0 Å². The number of rotatable bonds is 5. The van der Waals surface area contributed by atoms with E-state index < -0.39 is 0 Å². The summed E-state index contributed by atoms with van der Waals surface area (Å²) in [5.41, 5.74) is 6.09. The fourth-order valence-electron chi connectivity index (χ4n) is 2.29. The lowest BCUT2D eigenvalue weighted by Crippen LogP contribution is -2.29. The van der Waals surface area contributed by atoms with Gasteiger partial charge in [-0.05, 0) is 48.2 Å². The van der Waals surface area contributed by atoms with Crippen molar-refractivity contribution in [1.82, 2.24) is 5.43 Å². The number of hydrogen-bond donors (Lipinski definition) is 2. The van der Waals surface area contributed by atoms with E-state index in [0.717, 1.165) is 28.9 Å². The van der Waals surface area contributed by atoms with Crippen LogP contribution in [0.15, 0.2) is 36.4 Å². The zero-order valence-electron chi connectivity index (χ0n) is 12.0. The van der Waals surface area contributed by atoms with Crippen LogP contribution in [0.1, 0.15) is 22.7 Å². The monoisotopic (exact) mass is 324 g/mol. The molecule has 112 valence electrons. The third-order valence-corrected chi connectivity index (χ3v) is 4.19. The van der Waals surface area contributed by atoms with Crippen molar-refractivity contribution >= 4 is 23.2 Å². The van der Waals surface area contributed by atoms with Crippen LogP contribution in [0.25, 0.3) is 0 Å². The Morgan fingerprint density at radius 2 is 1.90 bits per heavy atom. The number of ether oxygens (including phenoxy) is 1. The van der Waals surface area contributed by atoms with E-state index in [-0.39, 0.29) is 6.04 Å². The van der Waals surface area contributed by atoms with E-state index >= 15 is 0 Å².